The molecule has 6 unspecified atom stereocenters. The van der Waals surface area contributed by atoms with E-state index in [1.54, 1.807) is 0 Å². The zero-order valence-corrected chi connectivity index (χ0v) is 16.8. The summed E-state index contributed by atoms with van der Waals surface area (Å²) in [6, 6.07) is 12.6. The van der Waals surface area contributed by atoms with Crippen molar-refractivity contribution < 1.29 is 14.6 Å². The van der Waals surface area contributed by atoms with Crippen LogP contribution < -0.4 is 0 Å². The fourth-order valence-electron chi connectivity index (χ4n) is 7.04. The summed E-state index contributed by atoms with van der Waals surface area (Å²) < 4.78 is 6.35. The summed E-state index contributed by atoms with van der Waals surface area (Å²) in [4.78, 5) is 21.3. The number of hydrogen-bond acceptors (Lipinski definition) is 5. The number of nitrogens with zero attached hydrogens (tertiary/aromatic N) is 2. The molecule has 0 aromatic heterocycles. The SMILES string of the molecule is O=[N+]([O-])c1ccc(COC2C3C=CC2C2C4CCC(c5ccccc54)C32)c([N+](=O)[O-])c1. The third-order valence-electron chi connectivity index (χ3n) is 8.07. The van der Waals surface area contributed by atoms with Gasteiger partial charge in [0.25, 0.3) is 11.4 Å². The first-order valence-corrected chi connectivity index (χ1v) is 10.8. The molecule has 2 fully saturated rings. The Hall–Kier alpha value is -3.06. The maximum Gasteiger partial charge on any atom is 0.281 e. The average molecular weight is 418 g/mol. The molecule has 31 heavy (non-hydrogen) atoms. The van der Waals surface area contributed by atoms with Crippen molar-refractivity contribution in [1.82, 2.24) is 0 Å². The molecule has 7 nitrogen and oxygen atoms in total. The Balaban J connectivity index is 1.27. The number of nitro benzene ring substituents is 2. The lowest BCUT2D eigenvalue weighted by Gasteiger charge is -2.50. The molecule has 0 amide bonds. The number of rotatable bonds is 5. The van der Waals surface area contributed by atoms with Gasteiger partial charge >= 0.3 is 0 Å². The van der Waals surface area contributed by atoms with Gasteiger partial charge in [-0.3, -0.25) is 20.2 Å². The summed E-state index contributed by atoms with van der Waals surface area (Å²) in [5.74, 6) is 2.92. The quantitative estimate of drug-likeness (QED) is 0.382. The van der Waals surface area contributed by atoms with Crippen LogP contribution >= 0.6 is 0 Å². The largest absolute Gasteiger partial charge is 0.372 e. The van der Waals surface area contributed by atoms with Gasteiger partial charge < -0.3 is 4.74 Å². The predicted molar refractivity (Wildman–Crippen MR) is 113 cm³/mol. The van der Waals surface area contributed by atoms with Gasteiger partial charge in [-0.05, 0) is 53.7 Å². The van der Waals surface area contributed by atoms with E-state index in [0.717, 1.165) is 6.07 Å². The second-order valence-electron chi connectivity index (χ2n) is 9.22. The van der Waals surface area contributed by atoms with Crippen LogP contribution in [-0.2, 0) is 11.3 Å². The molecule has 5 aliphatic rings. The molecular formula is C24H22N2O5. The number of benzene rings is 2. The van der Waals surface area contributed by atoms with E-state index >= 15 is 0 Å². The molecule has 2 aromatic carbocycles. The van der Waals surface area contributed by atoms with Gasteiger partial charge in [0.05, 0.1) is 34.2 Å². The third kappa shape index (κ3) is 2.62. The highest BCUT2D eigenvalue weighted by Crippen LogP contribution is 2.67. The Morgan fingerprint density at radius 3 is 2.03 bits per heavy atom. The van der Waals surface area contributed by atoms with Crippen LogP contribution in [0, 0.1) is 43.9 Å². The summed E-state index contributed by atoms with van der Waals surface area (Å²) in [6.45, 7) is 0.0926. The normalized spacial score (nSPS) is 33.9. The molecule has 0 aliphatic heterocycles. The van der Waals surface area contributed by atoms with Gasteiger partial charge in [0.15, 0.2) is 0 Å². The van der Waals surface area contributed by atoms with Crippen LogP contribution in [0.25, 0.3) is 0 Å². The maximum atomic E-state index is 11.5. The fourth-order valence-corrected chi connectivity index (χ4v) is 7.04. The molecule has 7 heteroatoms. The number of nitro groups is 2. The molecular weight excluding hydrogens is 396 g/mol. The molecule has 7 rings (SSSR count). The summed E-state index contributed by atoms with van der Waals surface area (Å²) in [5.41, 5.74) is 2.86. The van der Waals surface area contributed by atoms with Crippen molar-refractivity contribution in [3.05, 3.63) is 91.5 Å². The molecule has 0 radical (unpaired) electrons. The van der Waals surface area contributed by atoms with Gasteiger partial charge in [-0.1, -0.05) is 36.4 Å². The molecule has 0 saturated heterocycles. The van der Waals surface area contributed by atoms with Crippen molar-refractivity contribution in [2.75, 3.05) is 0 Å². The number of hydrogen-bond donors (Lipinski definition) is 0. The van der Waals surface area contributed by atoms with E-state index in [9.17, 15) is 20.2 Å². The van der Waals surface area contributed by atoms with Crippen molar-refractivity contribution in [2.45, 2.75) is 37.4 Å². The second-order valence-corrected chi connectivity index (χ2v) is 9.22. The molecule has 0 heterocycles. The molecule has 0 spiro atoms. The molecule has 2 saturated carbocycles. The van der Waals surface area contributed by atoms with E-state index in [1.807, 2.05) is 0 Å². The monoisotopic (exact) mass is 418 g/mol. The first-order valence-electron chi connectivity index (χ1n) is 10.8. The first kappa shape index (κ1) is 18.7. The van der Waals surface area contributed by atoms with Gasteiger partial charge in [-0.15, -0.1) is 0 Å². The van der Waals surface area contributed by atoms with Crippen molar-refractivity contribution in [3.8, 4) is 0 Å². The summed E-state index contributed by atoms with van der Waals surface area (Å²) >= 11 is 0. The molecule has 4 bridgehead atoms. The van der Waals surface area contributed by atoms with Crippen molar-refractivity contribution in [2.24, 2.45) is 23.7 Å². The second kappa shape index (κ2) is 6.72. The number of ether oxygens (including phenoxy) is 1. The lowest BCUT2D eigenvalue weighted by atomic mass is 9.54. The minimum Gasteiger partial charge on any atom is -0.372 e. The highest BCUT2D eigenvalue weighted by molar-refractivity contribution is 5.49. The van der Waals surface area contributed by atoms with Gasteiger partial charge in [0, 0.05) is 17.9 Å². The highest BCUT2D eigenvalue weighted by atomic mass is 16.6. The lowest BCUT2D eigenvalue weighted by Crippen LogP contribution is -2.40. The Kier molecular flexibility index (Phi) is 4.05. The van der Waals surface area contributed by atoms with E-state index in [2.05, 4.69) is 36.4 Å². The van der Waals surface area contributed by atoms with Gasteiger partial charge in [0.1, 0.15) is 0 Å². The van der Waals surface area contributed by atoms with Crippen LogP contribution in [0.3, 0.4) is 0 Å². The van der Waals surface area contributed by atoms with Crippen LogP contribution in [0.5, 0.6) is 0 Å². The van der Waals surface area contributed by atoms with Crippen LogP contribution in [0.2, 0.25) is 0 Å². The summed E-state index contributed by atoms with van der Waals surface area (Å²) in [5, 5.41) is 22.5. The maximum absolute atomic E-state index is 11.5. The summed E-state index contributed by atoms with van der Waals surface area (Å²) in [7, 11) is 0. The smallest absolute Gasteiger partial charge is 0.281 e. The highest BCUT2D eigenvalue weighted by Gasteiger charge is 2.61. The van der Waals surface area contributed by atoms with Crippen molar-refractivity contribution >= 4 is 11.4 Å². The Labute approximate surface area is 179 Å². The predicted octanol–water partition coefficient (Wildman–Crippen LogP) is 5.11. The van der Waals surface area contributed by atoms with Crippen LogP contribution in [-0.4, -0.2) is 16.0 Å². The standard InChI is InChI=1S/C24H22N2O5/c27-25(28)14-6-5-13(21(11-14)26(29)30)12-31-24-19-9-10-20(24)23-18-8-7-17(22(19)23)15-3-1-2-4-16(15)18/h1-6,9-11,17-20,22-24H,7-8,12H2. The zero-order valence-electron chi connectivity index (χ0n) is 16.8. The number of fused-ring (bicyclic) bond motifs is 3. The van der Waals surface area contributed by atoms with Crippen LogP contribution in [0.1, 0.15) is 41.4 Å². The Morgan fingerprint density at radius 2 is 1.48 bits per heavy atom. The summed E-state index contributed by atoms with van der Waals surface area (Å²) in [6.07, 6.45) is 7.05. The zero-order chi connectivity index (χ0) is 21.3. The van der Waals surface area contributed by atoms with Gasteiger partial charge in [0.2, 0.25) is 0 Å². The average Bonchev–Trinajstić information content (AvgIpc) is 3.34. The first-order chi connectivity index (χ1) is 15.0. The van der Waals surface area contributed by atoms with Gasteiger partial charge in [-0.25, -0.2) is 0 Å². The van der Waals surface area contributed by atoms with Crippen LogP contribution in [0.4, 0.5) is 11.4 Å². The number of non-ortho nitro benzene ring substituents is 1. The van der Waals surface area contributed by atoms with E-state index in [1.165, 1.54) is 36.1 Å². The van der Waals surface area contributed by atoms with Crippen molar-refractivity contribution in [3.63, 3.8) is 0 Å². The van der Waals surface area contributed by atoms with E-state index in [4.69, 9.17) is 4.74 Å². The van der Waals surface area contributed by atoms with Crippen LogP contribution in [0.15, 0.2) is 54.6 Å². The van der Waals surface area contributed by atoms with E-state index < -0.39 is 9.85 Å². The lowest BCUT2D eigenvalue weighted by molar-refractivity contribution is -0.394. The minimum absolute atomic E-state index is 0.0159. The molecule has 6 atom stereocenters. The third-order valence-corrected chi connectivity index (χ3v) is 8.07. The fraction of sp³-hybridized carbons (Fsp3) is 0.417. The van der Waals surface area contributed by atoms with E-state index in [0.29, 0.717) is 41.1 Å². The topological polar surface area (TPSA) is 95.5 Å². The Bertz CT molecular complexity index is 1080. The Morgan fingerprint density at radius 1 is 0.871 bits per heavy atom. The van der Waals surface area contributed by atoms with E-state index in [-0.39, 0.29) is 24.1 Å². The van der Waals surface area contributed by atoms with Crippen molar-refractivity contribution in [1.29, 1.82) is 0 Å². The molecule has 0 N–H and O–H groups in total. The molecule has 2 aromatic rings. The molecule has 5 aliphatic carbocycles. The molecule has 158 valence electrons. The minimum atomic E-state index is -0.614. The van der Waals surface area contributed by atoms with Gasteiger partial charge in [-0.2, -0.15) is 0 Å².